The lowest BCUT2D eigenvalue weighted by molar-refractivity contribution is -0.143. The molecule has 1 heterocycles. The molecule has 1 saturated heterocycles. The zero-order chi connectivity index (χ0) is 21.2. The molecule has 0 radical (unpaired) electrons. The Labute approximate surface area is 177 Å². The first-order valence-corrected chi connectivity index (χ1v) is 10.4. The van der Waals surface area contributed by atoms with Gasteiger partial charge in [0.2, 0.25) is 5.91 Å². The number of rotatable bonds is 7. The fourth-order valence-corrected chi connectivity index (χ4v) is 4.21. The predicted octanol–water partition coefficient (Wildman–Crippen LogP) is 2.48. The van der Waals surface area contributed by atoms with E-state index in [9.17, 15) is 14.4 Å². The monoisotopic (exact) mass is 420 g/mol. The second kappa shape index (κ2) is 8.71. The van der Waals surface area contributed by atoms with Gasteiger partial charge < -0.3 is 15.1 Å². The van der Waals surface area contributed by atoms with Crippen LogP contribution in [0.15, 0.2) is 24.3 Å². The molecule has 29 heavy (non-hydrogen) atoms. The standard InChI is InChI=1S/C21H29ClN4O3/c1-15(26-19(28)21(23-20(26)29)10-4-5-11-21)18(27)25(13-12-24(2)3)14-16-6-8-17(22)9-7-16/h6-9,15H,4-5,10-14H2,1-3H3,(H,23,29). The molecule has 1 atom stereocenters. The summed E-state index contributed by atoms with van der Waals surface area (Å²) < 4.78 is 0. The number of hydrogen-bond donors (Lipinski definition) is 1. The molecule has 1 aliphatic heterocycles. The molecule has 2 fully saturated rings. The highest BCUT2D eigenvalue weighted by Gasteiger charge is 2.54. The van der Waals surface area contributed by atoms with Crippen molar-refractivity contribution in [3.8, 4) is 0 Å². The molecule has 0 bridgehead atoms. The number of likely N-dealkylation sites (N-methyl/N-ethyl adjacent to an activating group) is 1. The summed E-state index contributed by atoms with van der Waals surface area (Å²) in [7, 11) is 3.88. The molecule has 1 aromatic carbocycles. The van der Waals surface area contributed by atoms with E-state index in [0.717, 1.165) is 23.3 Å². The first kappa shape index (κ1) is 21.6. The Morgan fingerprint density at radius 1 is 1.17 bits per heavy atom. The largest absolute Gasteiger partial charge is 0.335 e. The lowest BCUT2D eigenvalue weighted by Crippen LogP contribution is -2.51. The third-order valence-corrected chi connectivity index (χ3v) is 6.06. The van der Waals surface area contributed by atoms with Crippen LogP contribution in [0.2, 0.25) is 5.02 Å². The van der Waals surface area contributed by atoms with Crippen LogP contribution in [0.4, 0.5) is 4.79 Å². The van der Waals surface area contributed by atoms with Crippen LogP contribution in [-0.4, -0.2) is 71.3 Å². The van der Waals surface area contributed by atoms with Gasteiger partial charge in [0.1, 0.15) is 11.6 Å². The van der Waals surface area contributed by atoms with Gasteiger partial charge in [-0.25, -0.2) is 9.69 Å². The van der Waals surface area contributed by atoms with Gasteiger partial charge in [0.25, 0.3) is 5.91 Å². The number of amides is 4. The van der Waals surface area contributed by atoms with E-state index in [1.54, 1.807) is 24.0 Å². The smallest absolute Gasteiger partial charge is 0.325 e. The highest BCUT2D eigenvalue weighted by molar-refractivity contribution is 6.30. The van der Waals surface area contributed by atoms with Crippen molar-refractivity contribution in [2.24, 2.45) is 0 Å². The van der Waals surface area contributed by atoms with Gasteiger partial charge in [-0.2, -0.15) is 0 Å². The minimum Gasteiger partial charge on any atom is -0.335 e. The average Bonchev–Trinajstić information content (AvgIpc) is 3.24. The van der Waals surface area contributed by atoms with Crippen molar-refractivity contribution >= 4 is 29.4 Å². The molecule has 7 nitrogen and oxygen atoms in total. The molecular formula is C21H29ClN4O3. The van der Waals surface area contributed by atoms with Gasteiger partial charge in [-0.15, -0.1) is 0 Å². The molecule has 1 unspecified atom stereocenters. The quantitative estimate of drug-likeness (QED) is 0.688. The highest BCUT2D eigenvalue weighted by atomic mass is 35.5. The normalized spacial score (nSPS) is 19.1. The number of hydrogen-bond acceptors (Lipinski definition) is 4. The van der Waals surface area contributed by atoms with Crippen molar-refractivity contribution in [2.45, 2.75) is 50.7 Å². The molecule has 8 heteroatoms. The van der Waals surface area contributed by atoms with E-state index in [4.69, 9.17) is 11.6 Å². The summed E-state index contributed by atoms with van der Waals surface area (Å²) in [5.41, 5.74) is 0.133. The van der Waals surface area contributed by atoms with E-state index in [1.165, 1.54) is 0 Å². The SMILES string of the molecule is CC(C(=O)N(CCN(C)C)Cc1ccc(Cl)cc1)N1C(=O)NC2(CCCC2)C1=O. The molecule has 1 aromatic rings. The van der Waals surface area contributed by atoms with Crippen LogP contribution in [0.5, 0.6) is 0 Å². The molecule has 158 valence electrons. The van der Waals surface area contributed by atoms with Gasteiger partial charge in [-0.3, -0.25) is 9.59 Å². The molecule has 2 aliphatic rings. The Kier molecular flexibility index (Phi) is 6.49. The second-order valence-corrected chi connectivity index (χ2v) is 8.70. The van der Waals surface area contributed by atoms with Gasteiger partial charge in [-0.1, -0.05) is 36.6 Å². The summed E-state index contributed by atoms with van der Waals surface area (Å²) >= 11 is 5.97. The maximum atomic E-state index is 13.3. The first-order chi connectivity index (χ1) is 13.7. The predicted molar refractivity (Wildman–Crippen MR) is 111 cm³/mol. The van der Waals surface area contributed by atoms with Crippen LogP contribution >= 0.6 is 11.6 Å². The fourth-order valence-electron chi connectivity index (χ4n) is 4.08. The highest BCUT2D eigenvalue weighted by Crippen LogP contribution is 2.36. The molecular weight excluding hydrogens is 392 g/mol. The van der Waals surface area contributed by atoms with Crippen LogP contribution in [0, 0.1) is 0 Å². The first-order valence-electron chi connectivity index (χ1n) is 10.1. The zero-order valence-corrected chi connectivity index (χ0v) is 18.0. The van der Waals surface area contributed by atoms with Crippen molar-refractivity contribution in [3.63, 3.8) is 0 Å². The van der Waals surface area contributed by atoms with E-state index in [0.29, 0.717) is 37.5 Å². The Bertz CT molecular complexity index is 775. The molecule has 0 aromatic heterocycles. The van der Waals surface area contributed by atoms with E-state index in [2.05, 4.69) is 5.32 Å². The lowest BCUT2D eigenvalue weighted by atomic mass is 9.97. The van der Waals surface area contributed by atoms with Gasteiger partial charge in [-0.05, 0) is 51.6 Å². The van der Waals surface area contributed by atoms with Gasteiger partial charge in [0, 0.05) is 24.7 Å². The van der Waals surface area contributed by atoms with Crippen LogP contribution in [0.25, 0.3) is 0 Å². The average molecular weight is 421 g/mol. The van der Waals surface area contributed by atoms with Crippen molar-refractivity contribution in [1.82, 2.24) is 20.0 Å². The van der Waals surface area contributed by atoms with Crippen LogP contribution in [-0.2, 0) is 16.1 Å². The maximum Gasteiger partial charge on any atom is 0.325 e. The third-order valence-electron chi connectivity index (χ3n) is 5.81. The Morgan fingerprint density at radius 3 is 2.38 bits per heavy atom. The van der Waals surface area contributed by atoms with E-state index in [-0.39, 0.29) is 11.8 Å². The number of carbonyl (C=O) groups is 3. The summed E-state index contributed by atoms with van der Waals surface area (Å²) in [6.07, 6.45) is 3.11. The molecule has 3 rings (SSSR count). The molecule has 1 N–H and O–H groups in total. The molecule has 1 aliphatic carbocycles. The topological polar surface area (TPSA) is 73.0 Å². The van der Waals surface area contributed by atoms with E-state index >= 15 is 0 Å². The van der Waals surface area contributed by atoms with Crippen molar-refractivity contribution < 1.29 is 14.4 Å². The number of benzene rings is 1. The summed E-state index contributed by atoms with van der Waals surface area (Å²) in [6.45, 7) is 3.20. The van der Waals surface area contributed by atoms with Crippen molar-refractivity contribution in [2.75, 3.05) is 27.2 Å². The lowest BCUT2D eigenvalue weighted by Gasteiger charge is -2.30. The maximum absolute atomic E-state index is 13.3. The number of carbonyl (C=O) groups excluding carboxylic acids is 3. The molecule has 4 amide bonds. The molecule has 1 saturated carbocycles. The number of nitrogens with one attached hydrogen (secondary N) is 1. The number of urea groups is 1. The number of halogens is 1. The van der Waals surface area contributed by atoms with Crippen molar-refractivity contribution in [1.29, 1.82) is 0 Å². The Hall–Kier alpha value is -2.12. The summed E-state index contributed by atoms with van der Waals surface area (Å²) in [5.74, 6) is -0.500. The molecule has 1 spiro atoms. The van der Waals surface area contributed by atoms with Gasteiger partial charge in [0.15, 0.2) is 0 Å². The number of imide groups is 1. The zero-order valence-electron chi connectivity index (χ0n) is 17.3. The third kappa shape index (κ3) is 4.56. The summed E-state index contributed by atoms with van der Waals surface area (Å²) in [4.78, 5) is 43.7. The van der Waals surface area contributed by atoms with Gasteiger partial charge >= 0.3 is 6.03 Å². The minimum absolute atomic E-state index is 0.236. The van der Waals surface area contributed by atoms with Crippen LogP contribution in [0.3, 0.4) is 0 Å². The van der Waals surface area contributed by atoms with Crippen LogP contribution < -0.4 is 5.32 Å². The van der Waals surface area contributed by atoms with Gasteiger partial charge in [0.05, 0.1) is 0 Å². The summed E-state index contributed by atoms with van der Waals surface area (Å²) in [6, 6.07) is 6.02. The fraction of sp³-hybridized carbons (Fsp3) is 0.571. The minimum atomic E-state index is -0.850. The Morgan fingerprint density at radius 2 is 1.79 bits per heavy atom. The van der Waals surface area contributed by atoms with E-state index in [1.807, 2.05) is 31.1 Å². The van der Waals surface area contributed by atoms with Crippen molar-refractivity contribution in [3.05, 3.63) is 34.9 Å². The second-order valence-electron chi connectivity index (χ2n) is 8.26. The van der Waals surface area contributed by atoms with Crippen LogP contribution in [0.1, 0.15) is 38.2 Å². The number of nitrogens with zero attached hydrogens (tertiary/aromatic N) is 3. The Balaban J connectivity index is 1.77. The van der Waals surface area contributed by atoms with E-state index < -0.39 is 17.6 Å². The summed E-state index contributed by atoms with van der Waals surface area (Å²) in [5, 5.41) is 3.49.